The molecule has 2 aromatic rings. The molecule has 0 unspecified atom stereocenters. The van der Waals surface area contributed by atoms with Crippen molar-refractivity contribution >= 4 is 40.6 Å². The second-order valence-electron chi connectivity index (χ2n) is 7.69. The minimum atomic E-state index is 0.487. The molecule has 0 radical (unpaired) electrons. The monoisotopic (exact) mass is 457 g/mol. The van der Waals surface area contributed by atoms with Crippen LogP contribution in [0.5, 0.6) is 0 Å². The van der Waals surface area contributed by atoms with Crippen LogP contribution in [0.3, 0.4) is 0 Å². The van der Waals surface area contributed by atoms with Gasteiger partial charge in [-0.3, -0.25) is 0 Å². The Balaban J connectivity index is 1.48. The van der Waals surface area contributed by atoms with Crippen LogP contribution in [0.15, 0.2) is 36.4 Å². The van der Waals surface area contributed by atoms with Crippen LogP contribution in [0.2, 0.25) is 0 Å². The van der Waals surface area contributed by atoms with Crippen molar-refractivity contribution in [1.29, 1.82) is 0 Å². The number of hydrogen-bond acceptors (Lipinski definition) is 8. The van der Waals surface area contributed by atoms with E-state index in [1.165, 1.54) is 5.69 Å². The van der Waals surface area contributed by atoms with E-state index in [1.54, 1.807) is 7.11 Å². The van der Waals surface area contributed by atoms with E-state index in [2.05, 4.69) is 61.7 Å². The summed E-state index contributed by atoms with van der Waals surface area (Å²) in [7, 11) is 1.66. The lowest BCUT2D eigenvalue weighted by Crippen LogP contribution is -2.47. The van der Waals surface area contributed by atoms with E-state index in [4.69, 9.17) is 31.7 Å². The molecule has 2 aliphatic heterocycles. The molecule has 2 N–H and O–H groups in total. The molecule has 9 nitrogen and oxygen atoms in total. The maximum Gasteiger partial charge on any atom is 0.232 e. The first-order valence-corrected chi connectivity index (χ1v) is 11.4. The van der Waals surface area contributed by atoms with Gasteiger partial charge in [-0.1, -0.05) is 18.2 Å². The van der Waals surface area contributed by atoms with Crippen molar-refractivity contribution < 1.29 is 9.47 Å². The number of morpholine rings is 1. The molecule has 2 saturated heterocycles. The predicted molar refractivity (Wildman–Crippen MR) is 132 cm³/mol. The largest absolute Gasteiger partial charge is 0.383 e. The third-order valence-corrected chi connectivity index (χ3v) is 5.82. The van der Waals surface area contributed by atoms with Crippen LogP contribution in [-0.4, -0.2) is 87.8 Å². The zero-order valence-electron chi connectivity index (χ0n) is 18.5. The number of methoxy groups -OCH3 is 1. The van der Waals surface area contributed by atoms with Crippen LogP contribution in [0.25, 0.3) is 0 Å². The smallest absolute Gasteiger partial charge is 0.232 e. The molecule has 32 heavy (non-hydrogen) atoms. The molecule has 0 aliphatic carbocycles. The molecular formula is C22H31N7O2S. The average molecular weight is 458 g/mol. The minimum absolute atomic E-state index is 0.487. The van der Waals surface area contributed by atoms with Crippen molar-refractivity contribution in [2.45, 2.75) is 0 Å². The number of aromatic nitrogens is 2. The number of anilines is 4. The molecule has 0 bridgehead atoms. The Morgan fingerprint density at radius 1 is 0.969 bits per heavy atom. The maximum absolute atomic E-state index is 5.51. The number of piperazine rings is 1. The molecule has 1 aromatic heterocycles. The quantitative estimate of drug-likeness (QED) is 0.473. The number of rotatable bonds is 7. The van der Waals surface area contributed by atoms with Crippen LogP contribution in [-0.2, 0) is 9.47 Å². The number of benzene rings is 1. The van der Waals surface area contributed by atoms with E-state index in [0.29, 0.717) is 37.4 Å². The fourth-order valence-electron chi connectivity index (χ4n) is 3.84. The highest BCUT2D eigenvalue weighted by Crippen LogP contribution is 2.24. The Morgan fingerprint density at radius 2 is 1.59 bits per heavy atom. The van der Waals surface area contributed by atoms with Gasteiger partial charge in [0.2, 0.25) is 5.95 Å². The van der Waals surface area contributed by atoms with E-state index in [-0.39, 0.29) is 0 Å². The molecule has 0 saturated carbocycles. The van der Waals surface area contributed by atoms with Crippen LogP contribution in [0, 0.1) is 0 Å². The number of thiocarbonyl (C=S) groups is 1. The Morgan fingerprint density at radius 3 is 2.25 bits per heavy atom. The van der Waals surface area contributed by atoms with Crippen molar-refractivity contribution in [2.75, 3.05) is 92.8 Å². The fraction of sp³-hybridized carbons (Fsp3) is 0.500. The highest BCUT2D eigenvalue weighted by molar-refractivity contribution is 7.80. The maximum atomic E-state index is 5.51. The van der Waals surface area contributed by atoms with Crippen LogP contribution < -0.4 is 25.3 Å². The molecule has 0 spiro atoms. The number of hydrogen-bond donors (Lipinski definition) is 2. The van der Waals surface area contributed by atoms with Crippen molar-refractivity contribution in [3.8, 4) is 0 Å². The second kappa shape index (κ2) is 11.3. The summed E-state index contributed by atoms with van der Waals surface area (Å²) < 4.78 is 10.6. The first kappa shape index (κ1) is 22.5. The molecule has 10 heteroatoms. The Hall–Kier alpha value is -2.69. The normalized spacial score (nSPS) is 16.7. The van der Waals surface area contributed by atoms with Gasteiger partial charge in [-0.05, 0) is 24.4 Å². The highest BCUT2D eigenvalue weighted by Gasteiger charge is 2.22. The van der Waals surface area contributed by atoms with Crippen LogP contribution in [0.4, 0.5) is 23.3 Å². The second-order valence-corrected chi connectivity index (χ2v) is 8.10. The van der Waals surface area contributed by atoms with E-state index in [0.717, 1.165) is 50.9 Å². The third-order valence-electron chi connectivity index (χ3n) is 5.58. The summed E-state index contributed by atoms with van der Waals surface area (Å²) in [6.07, 6.45) is 0. The summed E-state index contributed by atoms with van der Waals surface area (Å²) in [5.74, 6) is 2.31. The molecule has 1 aromatic carbocycles. The number of nitrogens with zero attached hydrogens (tertiary/aromatic N) is 5. The molecule has 0 atom stereocenters. The van der Waals surface area contributed by atoms with Crippen LogP contribution in [0.1, 0.15) is 0 Å². The van der Waals surface area contributed by atoms with Crippen molar-refractivity contribution in [3.63, 3.8) is 0 Å². The number of para-hydroxylation sites is 1. The van der Waals surface area contributed by atoms with Gasteiger partial charge in [-0.2, -0.15) is 9.97 Å². The number of ether oxygens (including phenoxy) is 2. The standard InChI is InChI=1S/C22H31N7O2S/c1-30-14-7-23-22(32)26-21-24-19(17-20(25-21)29-12-15-31-16-13-29)28-10-8-27(9-11-28)18-5-3-2-4-6-18/h2-6,17H,7-16H2,1H3,(H2,23,24,25,26,32). The lowest BCUT2D eigenvalue weighted by atomic mass is 10.2. The molecular weight excluding hydrogens is 426 g/mol. The number of nitrogens with one attached hydrogen (secondary N) is 2. The zero-order valence-corrected chi connectivity index (χ0v) is 19.3. The molecule has 2 aliphatic rings. The van der Waals surface area contributed by atoms with Crippen molar-refractivity contribution in [2.24, 2.45) is 0 Å². The van der Waals surface area contributed by atoms with Crippen molar-refractivity contribution in [1.82, 2.24) is 15.3 Å². The molecule has 3 heterocycles. The first-order valence-electron chi connectivity index (χ1n) is 11.0. The summed E-state index contributed by atoms with van der Waals surface area (Å²) in [4.78, 5) is 16.5. The summed E-state index contributed by atoms with van der Waals surface area (Å²) in [5.41, 5.74) is 1.26. The topological polar surface area (TPSA) is 78.0 Å². The van der Waals surface area contributed by atoms with Gasteiger partial charge in [0.25, 0.3) is 0 Å². The van der Waals surface area contributed by atoms with Gasteiger partial charge < -0.3 is 34.8 Å². The van der Waals surface area contributed by atoms with Crippen molar-refractivity contribution in [3.05, 3.63) is 36.4 Å². The zero-order chi connectivity index (χ0) is 22.2. The fourth-order valence-corrected chi connectivity index (χ4v) is 4.03. The third kappa shape index (κ3) is 5.96. The van der Waals surface area contributed by atoms with Crippen LogP contribution >= 0.6 is 12.2 Å². The summed E-state index contributed by atoms with van der Waals surface area (Å²) in [6.45, 7) is 7.91. The van der Waals surface area contributed by atoms with Gasteiger partial charge in [-0.25, -0.2) is 0 Å². The van der Waals surface area contributed by atoms with Gasteiger partial charge in [0, 0.05) is 64.7 Å². The van der Waals surface area contributed by atoms with E-state index < -0.39 is 0 Å². The minimum Gasteiger partial charge on any atom is -0.383 e. The molecule has 172 valence electrons. The molecule has 4 rings (SSSR count). The first-order chi connectivity index (χ1) is 15.7. The predicted octanol–water partition coefficient (Wildman–Crippen LogP) is 1.57. The Kier molecular flexibility index (Phi) is 7.92. The average Bonchev–Trinajstić information content (AvgIpc) is 2.85. The highest BCUT2D eigenvalue weighted by atomic mass is 32.1. The SMILES string of the molecule is COCCNC(=S)Nc1nc(N2CCOCC2)cc(N2CCN(c3ccccc3)CC2)n1. The summed E-state index contributed by atoms with van der Waals surface area (Å²) in [5, 5.41) is 6.74. The summed E-state index contributed by atoms with van der Waals surface area (Å²) in [6, 6.07) is 12.6. The van der Waals surface area contributed by atoms with Gasteiger partial charge in [-0.15, -0.1) is 0 Å². The lowest BCUT2D eigenvalue weighted by molar-refractivity contribution is 0.122. The molecule has 2 fully saturated rings. The van der Waals surface area contributed by atoms with E-state index in [9.17, 15) is 0 Å². The van der Waals surface area contributed by atoms with Gasteiger partial charge in [0.05, 0.1) is 19.8 Å². The summed E-state index contributed by atoms with van der Waals surface area (Å²) >= 11 is 5.41. The van der Waals surface area contributed by atoms with E-state index >= 15 is 0 Å². The lowest BCUT2D eigenvalue weighted by Gasteiger charge is -2.37. The van der Waals surface area contributed by atoms with Gasteiger partial charge >= 0.3 is 0 Å². The van der Waals surface area contributed by atoms with E-state index in [1.807, 2.05) is 0 Å². The molecule has 0 amide bonds. The Bertz CT molecular complexity index is 872. The van der Waals surface area contributed by atoms with Gasteiger partial charge in [0.15, 0.2) is 5.11 Å². The Labute approximate surface area is 194 Å². The van der Waals surface area contributed by atoms with Gasteiger partial charge in [0.1, 0.15) is 11.6 Å².